The molecule has 2 aromatic rings. The van der Waals surface area contributed by atoms with Crippen molar-refractivity contribution in [1.29, 1.82) is 0 Å². The number of amides is 1. The molecule has 1 aliphatic rings. The van der Waals surface area contributed by atoms with Crippen LogP contribution in [0.15, 0.2) is 42.5 Å². The monoisotopic (exact) mass is 450 g/mol. The van der Waals surface area contributed by atoms with Crippen LogP contribution in [0.5, 0.6) is 5.75 Å². The van der Waals surface area contributed by atoms with E-state index in [9.17, 15) is 4.79 Å². The van der Waals surface area contributed by atoms with E-state index in [0.29, 0.717) is 17.3 Å². The fraction of sp³-hybridized carbons (Fsp3) is 0.458. The van der Waals surface area contributed by atoms with Crippen molar-refractivity contribution >= 4 is 29.9 Å². The van der Waals surface area contributed by atoms with Crippen LogP contribution in [0.2, 0.25) is 5.02 Å². The summed E-state index contributed by atoms with van der Waals surface area (Å²) in [5, 5.41) is 3.77. The zero-order chi connectivity index (χ0) is 20.6. The van der Waals surface area contributed by atoms with E-state index in [1.165, 1.54) is 36.8 Å². The molecule has 164 valence electrons. The summed E-state index contributed by atoms with van der Waals surface area (Å²) in [5.74, 6) is 0.550. The lowest BCUT2D eigenvalue weighted by Crippen LogP contribution is -2.40. The second kappa shape index (κ2) is 12.2. The standard InChI is InChI=1S/C24H31ClN2O2.ClH/c1-18-7-9-20(10-8-18)23(27-13-5-3-4-6-14-27)16-26-24(28)17-29-21-11-12-22(25)19(2)15-21;/h7-12,15,23H,3-6,13-14,16-17H2,1-2H3,(H,26,28);1H. The summed E-state index contributed by atoms with van der Waals surface area (Å²) in [6.45, 7) is 6.77. The Kier molecular flexibility index (Phi) is 9.96. The molecule has 30 heavy (non-hydrogen) atoms. The summed E-state index contributed by atoms with van der Waals surface area (Å²) >= 11 is 6.04. The molecule has 2 aromatic carbocycles. The highest BCUT2D eigenvalue weighted by molar-refractivity contribution is 6.31. The maximum Gasteiger partial charge on any atom is 0.258 e. The highest BCUT2D eigenvalue weighted by Gasteiger charge is 2.22. The van der Waals surface area contributed by atoms with E-state index >= 15 is 0 Å². The second-order valence-corrected chi connectivity index (χ2v) is 8.29. The molecule has 1 amide bonds. The summed E-state index contributed by atoms with van der Waals surface area (Å²) in [7, 11) is 0. The fourth-order valence-corrected chi connectivity index (χ4v) is 3.89. The van der Waals surface area contributed by atoms with Gasteiger partial charge in [0.1, 0.15) is 5.75 Å². The Labute approximate surface area is 191 Å². The van der Waals surface area contributed by atoms with E-state index in [2.05, 4.69) is 41.4 Å². The highest BCUT2D eigenvalue weighted by Crippen LogP contribution is 2.24. The number of benzene rings is 2. The summed E-state index contributed by atoms with van der Waals surface area (Å²) in [6.07, 6.45) is 5.01. The lowest BCUT2D eigenvalue weighted by Gasteiger charge is -2.31. The van der Waals surface area contributed by atoms with Crippen LogP contribution >= 0.6 is 24.0 Å². The van der Waals surface area contributed by atoms with Crippen molar-refractivity contribution in [2.24, 2.45) is 0 Å². The van der Waals surface area contributed by atoms with Gasteiger partial charge in [0.25, 0.3) is 5.91 Å². The Morgan fingerprint density at radius 3 is 2.37 bits per heavy atom. The Morgan fingerprint density at radius 2 is 1.73 bits per heavy atom. The molecule has 1 heterocycles. The summed E-state index contributed by atoms with van der Waals surface area (Å²) in [5.41, 5.74) is 3.44. The number of rotatable bonds is 7. The van der Waals surface area contributed by atoms with Crippen molar-refractivity contribution < 1.29 is 9.53 Å². The van der Waals surface area contributed by atoms with Gasteiger partial charge in [-0.3, -0.25) is 9.69 Å². The van der Waals surface area contributed by atoms with Gasteiger partial charge in [0.15, 0.2) is 6.61 Å². The predicted octanol–water partition coefficient (Wildman–Crippen LogP) is 5.49. The Hall–Kier alpha value is -1.75. The number of ether oxygens (including phenoxy) is 1. The number of halogens is 2. The molecular weight excluding hydrogens is 419 g/mol. The molecule has 0 aliphatic carbocycles. The molecule has 1 saturated heterocycles. The van der Waals surface area contributed by atoms with Crippen molar-refractivity contribution in [3.63, 3.8) is 0 Å². The molecule has 0 saturated carbocycles. The Morgan fingerprint density at radius 1 is 1.07 bits per heavy atom. The maximum absolute atomic E-state index is 12.4. The summed E-state index contributed by atoms with van der Waals surface area (Å²) < 4.78 is 5.64. The van der Waals surface area contributed by atoms with Crippen LogP contribution in [0.3, 0.4) is 0 Å². The number of carbonyl (C=O) groups is 1. The SMILES string of the molecule is Cc1ccc(C(CNC(=O)COc2ccc(Cl)c(C)c2)N2CCCCCC2)cc1.Cl. The van der Waals surface area contributed by atoms with E-state index < -0.39 is 0 Å². The summed E-state index contributed by atoms with van der Waals surface area (Å²) in [4.78, 5) is 14.9. The number of nitrogens with zero attached hydrogens (tertiary/aromatic N) is 1. The highest BCUT2D eigenvalue weighted by atomic mass is 35.5. The van der Waals surface area contributed by atoms with E-state index in [1.807, 2.05) is 13.0 Å². The van der Waals surface area contributed by atoms with Crippen LogP contribution in [-0.4, -0.2) is 37.0 Å². The van der Waals surface area contributed by atoms with Gasteiger partial charge in [0, 0.05) is 11.6 Å². The van der Waals surface area contributed by atoms with Gasteiger partial charge in [-0.1, -0.05) is 54.3 Å². The zero-order valence-corrected chi connectivity index (χ0v) is 19.4. The number of aryl methyl sites for hydroxylation is 2. The Balaban J connectivity index is 0.00000320. The molecule has 1 aliphatic heterocycles. The van der Waals surface area contributed by atoms with E-state index in [-0.39, 0.29) is 31.0 Å². The van der Waals surface area contributed by atoms with Gasteiger partial charge in [-0.25, -0.2) is 0 Å². The largest absolute Gasteiger partial charge is 0.484 e. The first-order valence-electron chi connectivity index (χ1n) is 10.5. The molecule has 6 heteroatoms. The molecule has 3 rings (SSSR count). The minimum Gasteiger partial charge on any atom is -0.484 e. The molecule has 0 spiro atoms. The van der Waals surface area contributed by atoms with Crippen LogP contribution in [0.1, 0.15) is 48.4 Å². The summed E-state index contributed by atoms with van der Waals surface area (Å²) in [6, 6.07) is 14.3. The average molecular weight is 451 g/mol. The maximum atomic E-state index is 12.4. The van der Waals surface area contributed by atoms with E-state index in [0.717, 1.165) is 18.7 Å². The predicted molar refractivity (Wildman–Crippen MR) is 126 cm³/mol. The van der Waals surface area contributed by atoms with Gasteiger partial charge in [0.2, 0.25) is 0 Å². The fourth-order valence-electron chi connectivity index (χ4n) is 3.77. The van der Waals surface area contributed by atoms with Crippen molar-refractivity contribution in [2.45, 2.75) is 45.6 Å². The van der Waals surface area contributed by atoms with Crippen molar-refractivity contribution in [2.75, 3.05) is 26.2 Å². The lowest BCUT2D eigenvalue weighted by atomic mass is 10.0. The van der Waals surface area contributed by atoms with Crippen molar-refractivity contribution in [3.8, 4) is 5.75 Å². The van der Waals surface area contributed by atoms with E-state index in [4.69, 9.17) is 16.3 Å². The normalized spacial score (nSPS) is 15.6. The van der Waals surface area contributed by atoms with Crippen molar-refractivity contribution in [1.82, 2.24) is 10.2 Å². The van der Waals surface area contributed by atoms with Gasteiger partial charge in [-0.15, -0.1) is 12.4 Å². The molecular formula is C24H32Cl2N2O2. The molecule has 1 fully saturated rings. The van der Waals surface area contributed by atoms with Crippen LogP contribution in [-0.2, 0) is 4.79 Å². The smallest absolute Gasteiger partial charge is 0.258 e. The van der Waals surface area contributed by atoms with Gasteiger partial charge >= 0.3 is 0 Å². The molecule has 0 bridgehead atoms. The van der Waals surface area contributed by atoms with Gasteiger partial charge in [0.05, 0.1) is 6.04 Å². The molecule has 1 unspecified atom stereocenters. The minimum absolute atomic E-state index is 0. The number of likely N-dealkylation sites (tertiary alicyclic amines) is 1. The lowest BCUT2D eigenvalue weighted by molar-refractivity contribution is -0.123. The molecule has 1 atom stereocenters. The second-order valence-electron chi connectivity index (χ2n) is 7.88. The first kappa shape index (κ1) is 24.5. The molecule has 0 radical (unpaired) electrons. The molecule has 4 nitrogen and oxygen atoms in total. The number of hydrogen-bond acceptors (Lipinski definition) is 3. The number of hydrogen-bond donors (Lipinski definition) is 1. The molecule has 0 aromatic heterocycles. The van der Waals surface area contributed by atoms with Crippen LogP contribution in [0.4, 0.5) is 0 Å². The third-order valence-corrected chi connectivity index (χ3v) is 5.96. The van der Waals surface area contributed by atoms with Gasteiger partial charge in [-0.2, -0.15) is 0 Å². The van der Waals surface area contributed by atoms with Crippen LogP contribution < -0.4 is 10.1 Å². The zero-order valence-electron chi connectivity index (χ0n) is 17.8. The third kappa shape index (κ3) is 7.19. The van der Waals surface area contributed by atoms with Gasteiger partial charge in [-0.05, 0) is 69.1 Å². The number of nitrogens with one attached hydrogen (secondary N) is 1. The minimum atomic E-state index is -0.107. The van der Waals surface area contributed by atoms with E-state index in [1.54, 1.807) is 12.1 Å². The quantitative estimate of drug-likeness (QED) is 0.605. The first-order chi connectivity index (χ1) is 14.0. The van der Waals surface area contributed by atoms with Crippen molar-refractivity contribution in [3.05, 3.63) is 64.2 Å². The Bertz CT molecular complexity index is 803. The van der Waals surface area contributed by atoms with Crippen LogP contribution in [0.25, 0.3) is 0 Å². The van der Waals surface area contributed by atoms with Crippen LogP contribution in [0, 0.1) is 13.8 Å². The number of carbonyl (C=O) groups excluding carboxylic acids is 1. The average Bonchev–Trinajstić information content (AvgIpc) is 3.00. The topological polar surface area (TPSA) is 41.6 Å². The van der Waals surface area contributed by atoms with Gasteiger partial charge < -0.3 is 10.1 Å². The first-order valence-corrected chi connectivity index (χ1v) is 10.9. The molecule has 1 N–H and O–H groups in total. The third-order valence-electron chi connectivity index (χ3n) is 5.54.